The number of nitro benzene ring substituents is 1. The van der Waals surface area contributed by atoms with Crippen LogP contribution in [0, 0.1) is 10.1 Å². The van der Waals surface area contributed by atoms with Crippen molar-refractivity contribution in [3.05, 3.63) is 52.7 Å². The van der Waals surface area contributed by atoms with E-state index in [0.29, 0.717) is 0 Å². The van der Waals surface area contributed by atoms with Gasteiger partial charge in [-0.15, -0.1) is 0 Å². The van der Waals surface area contributed by atoms with Crippen molar-refractivity contribution in [3.8, 4) is 10.6 Å². The summed E-state index contributed by atoms with van der Waals surface area (Å²) in [6.45, 7) is 0. The van der Waals surface area contributed by atoms with Crippen LogP contribution in [0.5, 0.6) is 0 Å². The van der Waals surface area contributed by atoms with E-state index in [9.17, 15) is 10.1 Å². The Balaban J connectivity index is 2.06. The topological polar surface area (TPSA) is 68.9 Å². The van der Waals surface area contributed by atoms with Crippen molar-refractivity contribution in [2.24, 2.45) is 0 Å². The number of nitro groups is 1. The van der Waals surface area contributed by atoms with E-state index in [0.717, 1.165) is 20.9 Å². The molecule has 0 unspecified atom stereocenters. The van der Waals surface area contributed by atoms with Gasteiger partial charge in [0.05, 0.1) is 4.92 Å². The van der Waals surface area contributed by atoms with Crippen LogP contribution in [0.4, 0.5) is 5.69 Å². The van der Waals surface area contributed by atoms with Crippen LogP contribution in [-0.4, -0.2) is 14.9 Å². The van der Waals surface area contributed by atoms with Gasteiger partial charge < -0.3 is 0 Å². The van der Waals surface area contributed by atoms with E-state index < -0.39 is 4.92 Å². The lowest BCUT2D eigenvalue weighted by atomic mass is 10.2. The zero-order valence-electron chi connectivity index (χ0n) is 9.11. The molecular formula is C12H7N3O2S. The van der Waals surface area contributed by atoms with Crippen LogP contribution < -0.4 is 0 Å². The lowest BCUT2D eigenvalue weighted by molar-refractivity contribution is -0.384. The van der Waals surface area contributed by atoms with Crippen molar-refractivity contribution in [2.75, 3.05) is 0 Å². The van der Waals surface area contributed by atoms with Gasteiger partial charge in [-0.1, -0.05) is 11.3 Å². The monoisotopic (exact) mass is 257 g/mol. The van der Waals surface area contributed by atoms with Gasteiger partial charge in [-0.2, -0.15) is 0 Å². The van der Waals surface area contributed by atoms with E-state index in [4.69, 9.17) is 0 Å². The molecule has 88 valence electrons. The minimum atomic E-state index is -0.413. The maximum absolute atomic E-state index is 10.6. The molecule has 2 aromatic heterocycles. The number of hydrogen-bond donors (Lipinski definition) is 0. The van der Waals surface area contributed by atoms with Gasteiger partial charge in [-0.3, -0.25) is 10.1 Å². The van der Waals surface area contributed by atoms with E-state index in [2.05, 4.69) is 9.97 Å². The molecule has 0 radical (unpaired) electrons. The Morgan fingerprint density at radius 2 is 1.94 bits per heavy atom. The summed E-state index contributed by atoms with van der Waals surface area (Å²) in [6.07, 6.45) is 1.72. The van der Waals surface area contributed by atoms with Crippen molar-refractivity contribution < 1.29 is 4.92 Å². The molecule has 3 aromatic rings. The Labute approximate surface area is 106 Å². The molecular weight excluding hydrogens is 250 g/mol. The average molecular weight is 257 g/mol. The van der Waals surface area contributed by atoms with Crippen LogP contribution in [0.25, 0.3) is 20.9 Å². The fourth-order valence-corrected chi connectivity index (χ4v) is 2.53. The maximum atomic E-state index is 10.6. The first-order valence-corrected chi connectivity index (χ1v) is 6.02. The molecule has 0 saturated carbocycles. The van der Waals surface area contributed by atoms with Gasteiger partial charge in [-0.05, 0) is 24.3 Å². The van der Waals surface area contributed by atoms with E-state index >= 15 is 0 Å². The van der Waals surface area contributed by atoms with Crippen LogP contribution in [0.2, 0.25) is 0 Å². The third-order valence-corrected chi connectivity index (χ3v) is 3.52. The third kappa shape index (κ3) is 1.82. The van der Waals surface area contributed by atoms with Gasteiger partial charge in [0.2, 0.25) is 0 Å². The largest absolute Gasteiger partial charge is 0.269 e. The molecule has 6 heteroatoms. The summed E-state index contributed by atoms with van der Waals surface area (Å²) in [4.78, 5) is 19.7. The van der Waals surface area contributed by atoms with Crippen molar-refractivity contribution in [3.63, 3.8) is 0 Å². The van der Waals surface area contributed by atoms with Crippen LogP contribution in [0.1, 0.15) is 0 Å². The summed E-state index contributed by atoms with van der Waals surface area (Å²) in [5.41, 5.74) is 1.79. The molecule has 0 aliphatic rings. The molecule has 0 atom stereocenters. The van der Waals surface area contributed by atoms with Crippen molar-refractivity contribution >= 4 is 27.4 Å². The minimum Gasteiger partial charge on any atom is -0.258 e. The third-order valence-electron chi connectivity index (χ3n) is 2.49. The van der Waals surface area contributed by atoms with Gasteiger partial charge in [-0.25, -0.2) is 9.97 Å². The second kappa shape index (κ2) is 4.15. The predicted molar refractivity (Wildman–Crippen MR) is 69.5 cm³/mol. The predicted octanol–water partition coefficient (Wildman–Crippen LogP) is 3.27. The Kier molecular flexibility index (Phi) is 2.49. The first-order valence-electron chi connectivity index (χ1n) is 5.20. The van der Waals surface area contributed by atoms with E-state index in [1.165, 1.54) is 23.5 Å². The molecule has 5 nitrogen and oxygen atoms in total. The Hall–Kier alpha value is -2.34. The number of hydrogen-bond acceptors (Lipinski definition) is 5. The number of benzene rings is 1. The smallest absolute Gasteiger partial charge is 0.258 e. The van der Waals surface area contributed by atoms with Gasteiger partial charge in [0.1, 0.15) is 15.4 Å². The highest BCUT2D eigenvalue weighted by molar-refractivity contribution is 7.21. The van der Waals surface area contributed by atoms with Gasteiger partial charge in [0.15, 0.2) is 0 Å². The van der Waals surface area contributed by atoms with Gasteiger partial charge in [0.25, 0.3) is 5.69 Å². The van der Waals surface area contributed by atoms with Crippen molar-refractivity contribution in [1.82, 2.24) is 9.97 Å². The number of thiazole rings is 1. The number of rotatable bonds is 2. The van der Waals surface area contributed by atoms with Crippen molar-refractivity contribution in [1.29, 1.82) is 0 Å². The molecule has 1 aromatic carbocycles. The summed E-state index contributed by atoms with van der Waals surface area (Å²) in [5, 5.41) is 11.4. The summed E-state index contributed by atoms with van der Waals surface area (Å²) in [7, 11) is 0. The summed E-state index contributed by atoms with van der Waals surface area (Å²) < 4.78 is 0. The highest BCUT2D eigenvalue weighted by atomic mass is 32.1. The van der Waals surface area contributed by atoms with E-state index in [1.807, 2.05) is 12.1 Å². The number of aromatic nitrogens is 2. The molecule has 2 heterocycles. The van der Waals surface area contributed by atoms with Crippen molar-refractivity contribution in [2.45, 2.75) is 0 Å². The highest BCUT2D eigenvalue weighted by Gasteiger charge is 2.09. The quantitative estimate of drug-likeness (QED) is 0.522. The van der Waals surface area contributed by atoms with Crippen LogP contribution in [-0.2, 0) is 0 Å². The molecule has 0 fully saturated rings. The molecule has 0 aliphatic heterocycles. The first-order chi connectivity index (χ1) is 8.74. The summed E-state index contributed by atoms with van der Waals surface area (Å²) in [6, 6.07) is 10.1. The fraction of sp³-hybridized carbons (Fsp3) is 0. The SMILES string of the molecule is O=[N+]([O-])c1ccc(-c2nc3cccnc3s2)cc1. The molecule has 0 aliphatic carbocycles. The molecule has 0 N–H and O–H groups in total. The summed E-state index contributed by atoms with van der Waals surface area (Å²) >= 11 is 1.47. The minimum absolute atomic E-state index is 0.0815. The van der Waals surface area contributed by atoms with Crippen LogP contribution in [0.3, 0.4) is 0 Å². The number of nitrogens with zero attached hydrogens (tertiary/aromatic N) is 3. The van der Waals surface area contributed by atoms with Gasteiger partial charge in [0, 0.05) is 23.9 Å². The molecule has 0 amide bonds. The highest BCUT2D eigenvalue weighted by Crippen LogP contribution is 2.29. The second-order valence-corrected chi connectivity index (χ2v) is 4.63. The first kappa shape index (κ1) is 10.8. The second-order valence-electron chi connectivity index (χ2n) is 3.65. The molecule has 3 rings (SSSR count). The zero-order valence-corrected chi connectivity index (χ0v) is 9.92. The van der Waals surface area contributed by atoms with Gasteiger partial charge >= 0.3 is 0 Å². The number of pyridine rings is 1. The lowest BCUT2D eigenvalue weighted by Crippen LogP contribution is -1.86. The number of non-ortho nitro benzene ring substituents is 1. The Morgan fingerprint density at radius 3 is 2.61 bits per heavy atom. The average Bonchev–Trinajstić information content (AvgIpc) is 2.82. The van der Waals surface area contributed by atoms with E-state index in [-0.39, 0.29) is 5.69 Å². The standard InChI is InChI=1S/C12H7N3O2S/c16-15(17)9-5-3-8(4-6-9)11-14-10-2-1-7-13-12(10)18-11/h1-7H. The lowest BCUT2D eigenvalue weighted by Gasteiger charge is -1.94. The Morgan fingerprint density at radius 1 is 1.17 bits per heavy atom. The molecule has 0 saturated heterocycles. The molecule has 0 bridgehead atoms. The maximum Gasteiger partial charge on any atom is 0.269 e. The molecule has 0 spiro atoms. The Bertz CT molecular complexity index is 689. The molecule has 18 heavy (non-hydrogen) atoms. The zero-order chi connectivity index (χ0) is 12.5. The van der Waals surface area contributed by atoms with Crippen LogP contribution in [0.15, 0.2) is 42.6 Å². The van der Waals surface area contributed by atoms with Crippen LogP contribution >= 0.6 is 11.3 Å². The van der Waals surface area contributed by atoms with E-state index in [1.54, 1.807) is 18.3 Å². The number of fused-ring (bicyclic) bond motifs is 1. The fourth-order valence-electron chi connectivity index (χ4n) is 1.62. The normalized spacial score (nSPS) is 10.7. The summed E-state index contributed by atoms with van der Waals surface area (Å²) in [5.74, 6) is 0.